The molecule has 0 saturated carbocycles. The molecule has 3 atom stereocenters. The number of carbonyl (C=O) groups excluding carboxylic acids is 3. The minimum atomic E-state index is -4.02. The summed E-state index contributed by atoms with van der Waals surface area (Å²) in [6, 6.07) is 15.4. The second-order valence-corrected chi connectivity index (χ2v) is 13.4. The number of nitrogens with zero attached hydrogens (tertiary/aromatic N) is 1. The molecular weight excluding hydrogens is 610 g/mol. The minimum Gasteiger partial charge on any atom is -0.348 e. The molecule has 3 aromatic rings. The maximum absolute atomic E-state index is 14.1. The molecule has 1 unspecified atom stereocenters. The van der Waals surface area contributed by atoms with E-state index in [1.54, 1.807) is 42.2 Å². The van der Waals surface area contributed by atoms with Gasteiger partial charge in [0.05, 0.1) is 28.6 Å². The van der Waals surface area contributed by atoms with Gasteiger partial charge < -0.3 is 4.98 Å². The van der Waals surface area contributed by atoms with Crippen LogP contribution in [0.25, 0.3) is 6.08 Å². The van der Waals surface area contributed by atoms with Crippen LogP contribution >= 0.6 is 0 Å². The minimum absolute atomic E-state index is 0.0151. The third-order valence-corrected chi connectivity index (χ3v) is 8.26. The number of hydrogen-bond acceptors (Lipinski definition) is 8. The van der Waals surface area contributed by atoms with Crippen LogP contribution in [0.4, 0.5) is 0 Å². The largest absolute Gasteiger partial charge is 0.348 e. The number of hydrogen-bond donors (Lipinski definition) is 6. The van der Waals surface area contributed by atoms with Crippen LogP contribution in [0.2, 0.25) is 0 Å². The Bertz CT molecular complexity index is 1540. The zero-order valence-electron chi connectivity index (χ0n) is 26.8. The number of ketones is 1. The molecule has 0 saturated heterocycles. The van der Waals surface area contributed by atoms with E-state index in [1.807, 2.05) is 65.0 Å². The molecule has 7 N–H and O–H groups in total. The van der Waals surface area contributed by atoms with E-state index in [9.17, 15) is 28.0 Å². The zero-order chi connectivity index (χ0) is 34.5. The first-order valence-corrected chi connectivity index (χ1v) is 16.3. The molecule has 0 aliphatic heterocycles. The van der Waals surface area contributed by atoms with Gasteiger partial charge in [0.2, 0.25) is 11.8 Å². The second kappa shape index (κ2) is 17.5. The van der Waals surface area contributed by atoms with Gasteiger partial charge in [0, 0.05) is 12.4 Å². The number of benzene rings is 2. The third-order valence-electron chi connectivity index (χ3n) is 7.39. The first kappa shape index (κ1) is 38.0. The Morgan fingerprint density at radius 3 is 2.11 bits per heavy atom. The summed E-state index contributed by atoms with van der Waals surface area (Å²) >= 11 is 0. The summed E-state index contributed by atoms with van der Waals surface area (Å²) in [6.45, 7) is 9.56. The van der Waals surface area contributed by atoms with Crippen molar-refractivity contribution in [1.29, 1.82) is 0 Å². The van der Waals surface area contributed by atoms with E-state index in [0.717, 1.165) is 11.1 Å². The lowest BCUT2D eigenvalue weighted by Crippen LogP contribution is -2.54. The first-order chi connectivity index (χ1) is 21.6. The van der Waals surface area contributed by atoms with Crippen molar-refractivity contribution in [2.75, 3.05) is 0 Å². The Balaban J connectivity index is 0.000000562. The van der Waals surface area contributed by atoms with Crippen LogP contribution in [-0.4, -0.2) is 45.7 Å². The molecule has 12 nitrogen and oxygen atoms in total. The normalized spacial score (nSPS) is 14.2. The predicted octanol–water partition coefficient (Wildman–Crippen LogP) is 4.28. The molecule has 2 aromatic carbocycles. The van der Waals surface area contributed by atoms with E-state index in [-0.39, 0.29) is 41.8 Å². The average Bonchev–Trinajstić information content (AvgIpc) is 3.52. The summed E-state index contributed by atoms with van der Waals surface area (Å²) in [5.41, 5.74) is 4.23. The predicted molar refractivity (Wildman–Crippen MR) is 174 cm³/mol. The van der Waals surface area contributed by atoms with Gasteiger partial charge in [-0.05, 0) is 49.3 Å². The highest BCUT2D eigenvalue weighted by Gasteiger charge is 2.52. The molecule has 0 aliphatic carbocycles. The number of allylic oxidation sites excluding steroid dienone is 1. The Morgan fingerprint density at radius 1 is 1.00 bits per heavy atom. The molecule has 0 spiro atoms. The SMILES string of the molecule is CC(C)C[C@@H](C(=O)NN)[C@H](C(=O)NO)C(/C=C/c1ccccc1)(CC(C)C)C(=O)Cc1ncc[nH]1.Cc1ccc(S(=O)(=O)O)cc1. The fourth-order valence-electron chi connectivity index (χ4n) is 5.44. The number of nitrogens with two attached hydrogens (primary N) is 1. The van der Waals surface area contributed by atoms with Gasteiger partial charge >= 0.3 is 0 Å². The summed E-state index contributed by atoms with van der Waals surface area (Å²) in [7, 11) is -4.02. The zero-order valence-corrected chi connectivity index (χ0v) is 27.6. The van der Waals surface area contributed by atoms with Crippen molar-refractivity contribution < 1.29 is 32.6 Å². The van der Waals surface area contributed by atoms with Gasteiger partial charge in [-0.2, -0.15) is 8.42 Å². The lowest BCUT2D eigenvalue weighted by molar-refractivity contribution is -0.151. The topological polar surface area (TPSA) is 205 Å². The van der Waals surface area contributed by atoms with Gasteiger partial charge in [-0.25, -0.2) is 16.3 Å². The first-order valence-electron chi connectivity index (χ1n) is 14.9. The van der Waals surface area contributed by atoms with Crippen LogP contribution in [0, 0.1) is 36.0 Å². The van der Waals surface area contributed by atoms with E-state index in [4.69, 9.17) is 10.4 Å². The van der Waals surface area contributed by atoms with Crippen LogP contribution < -0.4 is 16.7 Å². The highest BCUT2D eigenvalue weighted by atomic mass is 32.2. The van der Waals surface area contributed by atoms with E-state index < -0.39 is 39.2 Å². The number of aromatic nitrogens is 2. The number of imidazole rings is 1. The molecule has 3 rings (SSSR count). The quantitative estimate of drug-likeness (QED) is 0.0481. The van der Waals surface area contributed by atoms with Crippen LogP contribution in [0.3, 0.4) is 0 Å². The van der Waals surface area contributed by atoms with E-state index in [2.05, 4.69) is 15.4 Å². The summed E-state index contributed by atoms with van der Waals surface area (Å²) in [4.78, 5) is 47.5. The third kappa shape index (κ3) is 11.0. The molecule has 0 bridgehead atoms. The fourth-order valence-corrected chi connectivity index (χ4v) is 5.92. The summed E-state index contributed by atoms with van der Waals surface area (Å²) in [5, 5.41) is 9.75. The molecular formula is C33H45N5O7S. The Kier molecular flexibility index (Phi) is 14.5. The Hall–Kier alpha value is -4.17. The molecule has 0 radical (unpaired) electrons. The van der Waals surface area contributed by atoms with E-state index >= 15 is 0 Å². The average molecular weight is 656 g/mol. The molecule has 1 aromatic heterocycles. The number of nitrogens with one attached hydrogen (secondary N) is 3. The maximum atomic E-state index is 14.1. The molecule has 0 aliphatic rings. The number of hydrazine groups is 1. The fraction of sp³-hybridized carbons (Fsp3) is 0.394. The van der Waals surface area contributed by atoms with Gasteiger partial charge in [-0.15, -0.1) is 0 Å². The van der Waals surface area contributed by atoms with Crippen molar-refractivity contribution in [3.05, 3.63) is 90.0 Å². The van der Waals surface area contributed by atoms with Crippen molar-refractivity contribution >= 4 is 33.8 Å². The summed E-state index contributed by atoms with van der Waals surface area (Å²) in [5.74, 6) is 2.09. The number of Topliss-reactive ketones (excluding diaryl/α,β-unsaturated/α-hetero) is 1. The molecule has 0 fully saturated rings. The van der Waals surface area contributed by atoms with E-state index in [0.29, 0.717) is 5.82 Å². The van der Waals surface area contributed by atoms with Crippen molar-refractivity contribution in [2.24, 2.45) is 34.9 Å². The summed E-state index contributed by atoms with van der Waals surface area (Å²) in [6.07, 6.45) is 7.14. The maximum Gasteiger partial charge on any atom is 0.294 e. The van der Waals surface area contributed by atoms with Gasteiger partial charge in [0.1, 0.15) is 5.82 Å². The molecule has 1 heterocycles. The lowest BCUT2D eigenvalue weighted by Gasteiger charge is -2.41. The van der Waals surface area contributed by atoms with Crippen LogP contribution in [0.5, 0.6) is 0 Å². The monoisotopic (exact) mass is 655 g/mol. The number of aromatic amines is 1. The van der Waals surface area contributed by atoms with Crippen LogP contribution in [0.1, 0.15) is 57.5 Å². The smallest absolute Gasteiger partial charge is 0.294 e. The second-order valence-electron chi connectivity index (χ2n) is 12.0. The Labute approximate surface area is 270 Å². The highest BCUT2D eigenvalue weighted by molar-refractivity contribution is 7.85. The number of hydroxylamine groups is 1. The highest BCUT2D eigenvalue weighted by Crippen LogP contribution is 2.45. The van der Waals surface area contributed by atoms with E-state index in [1.165, 1.54) is 12.1 Å². The summed E-state index contributed by atoms with van der Waals surface area (Å²) < 4.78 is 29.6. The van der Waals surface area contributed by atoms with Gasteiger partial charge in [0.15, 0.2) is 5.78 Å². The number of rotatable bonds is 14. The van der Waals surface area contributed by atoms with Gasteiger partial charge in [-0.1, -0.05) is 87.9 Å². The van der Waals surface area contributed by atoms with Crippen LogP contribution in [-0.2, 0) is 30.9 Å². The molecule has 250 valence electrons. The standard InChI is InChI=1S/C26H37N5O4.C7H8O3S/c1-17(2)14-20(24(33)30-27)23(25(34)31-35)26(16-18(3)4,11-10-19-8-6-5-7-9-19)21(32)15-22-28-12-13-29-22;1-6-2-4-7(5-3-6)11(8,9)10/h5-13,17-18,20,23,35H,14-16,27H2,1-4H3,(H,28,29)(H,30,33)(H,31,34);2-5H,1H3,(H,8,9,10)/b11-10+;/t20-,23-,26?;/m1./s1. The van der Waals surface area contributed by atoms with Gasteiger partial charge in [0.25, 0.3) is 10.1 Å². The molecule has 2 amide bonds. The molecule has 46 heavy (non-hydrogen) atoms. The van der Waals surface area contributed by atoms with Gasteiger partial charge in [-0.3, -0.25) is 29.6 Å². The lowest BCUT2D eigenvalue weighted by atomic mass is 9.60. The van der Waals surface area contributed by atoms with Crippen molar-refractivity contribution in [1.82, 2.24) is 20.9 Å². The molecule has 13 heteroatoms. The van der Waals surface area contributed by atoms with Crippen LogP contribution in [0.15, 0.2) is 78.0 Å². The van der Waals surface area contributed by atoms with Crippen molar-refractivity contribution in [3.63, 3.8) is 0 Å². The van der Waals surface area contributed by atoms with Crippen molar-refractivity contribution in [3.8, 4) is 0 Å². The number of H-pyrrole nitrogens is 1. The van der Waals surface area contributed by atoms with Crippen molar-refractivity contribution in [2.45, 2.75) is 58.8 Å². The Morgan fingerprint density at radius 2 is 1.63 bits per heavy atom. The number of carbonyl (C=O) groups is 3. The number of amides is 2. The number of aryl methyl sites for hydroxylation is 1.